The average Bonchev–Trinajstić information content (AvgIpc) is 2.34. The van der Waals surface area contributed by atoms with Gasteiger partial charge in [0.15, 0.2) is 0 Å². The van der Waals surface area contributed by atoms with Crippen LogP contribution in [-0.4, -0.2) is 29.1 Å². The maximum Gasteiger partial charge on any atom is 0.342 e. The van der Waals surface area contributed by atoms with Gasteiger partial charge in [0.1, 0.15) is 5.56 Å². The summed E-state index contributed by atoms with van der Waals surface area (Å²) in [5.74, 6) is -0.872. The number of benzene rings is 1. The molecule has 0 fully saturated rings. The van der Waals surface area contributed by atoms with Crippen molar-refractivity contribution in [1.29, 1.82) is 0 Å². The molecule has 0 heterocycles. The Labute approximate surface area is 111 Å². The fraction of sp³-hybridized carbons (Fsp3) is 0.462. The van der Waals surface area contributed by atoms with Crippen molar-refractivity contribution in [2.75, 3.05) is 18.0 Å². The summed E-state index contributed by atoms with van der Waals surface area (Å²) in [6, 6.07) is 4.23. The Morgan fingerprint density at radius 3 is 2.53 bits per heavy atom. The number of nitro benzene ring substituents is 1. The summed E-state index contributed by atoms with van der Waals surface area (Å²) in [5.41, 5.74) is 0.0226. The highest BCUT2D eigenvalue weighted by Gasteiger charge is 2.21. The van der Waals surface area contributed by atoms with Gasteiger partial charge in [-0.25, -0.2) is 4.79 Å². The van der Waals surface area contributed by atoms with E-state index < -0.39 is 10.9 Å². The summed E-state index contributed by atoms with van der Waals surface area (Å²) in [7, 11) is 0. The van der Waals surface area contributed by atoms with Crippen molar-refractivity contribution < 1.29 is 14.8 Å². The number of carboxylic acid groups (broad SMARTS) is 1. The van der Waals surface area contributed by atoms with Gasteiger partial charge >= 0.3 is 5.97 Å². The van der Waals surface area contributed by atoms with Gasteiger partial charge in [-0.1, -0.05) is 13.8 Å². The lowest BCUT2D eigenvalue weighted by atomic mass is 10.1. The van der Waals surface area contributed by atoms with Crippen molar-refractivity contribution in [3.05, 3.63) is 33.9 Å². The normalized spacial score (nSPS) is 10.5. The highest BCUT2D eigenvalue weighted by molar-refractivity contribution is 5.93. The van der Waals surface area contributed by atoms with E-state index in [-0.39, 0.29) is 11.3 Å². The van der Waals surface area contributed by atoms with Crippen molar-refractivity contribution in [2.24, 2.45) is 5.92 Å². The van der Waals surface area contributed by atoms with Gasteiger partial charge in [0.25, 0.3) is 5.69 Å². The molecule has 0 aliphatic heterocycles. The second kappa shape index (κ2) is 6.17. The first-order valence-electron chi connectivity index (χ1n) is 6.13. The summed E-state index contributed by atoms with van der Waals surface area (Å²) in [6.07, 6.45) is 0. The highest BCUT2D eigenvalue weighted by atomic mass is 16.6. The maximum absolute atomic E-state index is 10.9. The van der Waals surface area contributed by atoms with Crippen LogP contribution in [-0.2, 0) is 0 Å². The van der Waals surface area contributed by atoms with E-state index in [1.807, 2.05) is 11.8 Å². The van der Waals surface area contributed by atoms with E-state index in [1.165, 1.54) is 12.1 Å². The minimum atomic E-state index is -1.29. The molecule has 6 heteroatoms. The zero-order valence-corrected chi connectivity index (χ0v) is 11.3. The van der Waals surface area contributed by atoms with Gasteiger partial charge < -0.3 is 10.0 Å². The third-order valence-electron chi connectivity index (χ3n) is 2.74. The predicted molar refractivity (Wildman–Crippen MR) is 72.8 cm³/mol. The van der Waals surface area contributed by atoms with E-state index in [0.29, 0.717) is 18.2 Å². The molecule has 0 saturated heterocycles. The number of nitro groups is 1. The molecule has 104 valence electrons. The van der Waals surface area contributed by atoms with Gasteiger partial charge in [0.2, 0.25) is 0 Å². The molecule has 0 saturated carbocycles. The number of carboxylic acids is 1. The Bertz CT molecular complexity index is 486. The van der Waals surface area contributed by atoms with Gasteiger partial charge in [0, 0.05) is 24.8 Å². The van der Waals surface area contributed by atoms with Crippen molar-refractivity contribution in [3.63, 3.8) is 0 Å². The van der Waals surface area contributed by atoms with Crippen LogP contribution in [0.1, 0.15) is 31.1 Å². The Kier molecular flexibility index (Phi) is 4.86. The van der Waals surface area contributed by atoms with Gasteiger partial charge in [-0.05, 0) is 25.0 Å². The summed E-state index contributed by atoms with van der Waals surface area (Å²) in [6.45, 7) is 7.55. The number of aromatic carboxylic acids is 1. The van der Waals surface area contributed by atoms with E-state index in [2.05, 4.69) is 13.8 Å². The van der Waals surface area contributed by atoms with Crippen LogP contribution in [0.5, 0.6) is 0 Å². The second-order valence-corrected chi connectivity index (χ2v) is 4.70. The lowest BCUT2D eigenvalue weighted by molar-refractivity contribution is -0.385. The molecule has 0 atom stereocenters. The van der Waals surface area contributed by atoms with Crippen LogP contribution >= 0.6 is 0 Å². The summed E-state index contributed by atoms with van der Waals surface area (Å²) >= 11 is 0. The van der Waals surface area contributed by atoms with Gasteiger partial charge in [0.05, 0.1) is 4.92 Å². The zero-order valence-electron chi connectivity index (χ0n) is 11.3. The fourth-order valence-electron chi connectivity index (χ4n) is 1.91. The summed E-state index contributed by atoms with van der Waals surface area (Å²) in [4.78, 5) is 23.2. The number of carbonyl (C=O) groups is 1. The lowest BCUT2D eigenvalue weighted by Gasteiger charge is -2.25. The SMILES string of the molecule is CCN(CC(C)C)c1ccc(C(=O)O)c([N+](=O)[O-])c1. The molecule has 0 bridgehead atoms. The van der Waals surface area contributed by atoms with E-state index >= 15 is 0 Å². The zero-order chi connectivity index (χ0) is 14.6. The van der Waals surface area contributed by atoms with Crippen LogP contribution in [0.15, 0.2) is 18.2 Å². The highest BCUT2D eigenvalue weighted by Crippen LogP contribution is 2.26. The minimum Gasteiger partial charge on any atom is -0.477 e. The molecule has 0 spiro atoms. The van der Waals surface area contributed by atoms with Crippen molar-refractivity contribution in [2.45, 2.75) is 20.8 Å². The Hall–Kier alpha value is -2.11. The predicted octanol–water partition coefficient (Wildman–Crippen LogP) is 2.78. The van der Waals surface area contributed by atoms with Crippen LogP contribution in [0.2, 0.25) is 0 Å². The molecule has 19 heavy (non-hydrogen) atoms. The topological polar surface area (TPSA) is 83.7 Å². The Morgan fingerprint density at radius 2 is 2.11 bits per heavy atom. The van der Waals surface area contributed by atoms with Gasteiger partial charge in [-0.3, -0.25) is 10.1 Å². The molecule has 1 N–H and O–H groups in total. The molecule has 0 aliphatic carbocycles. The number of hydrogen-bond acceptors (Lipinski definition) is 4. The maximum atomic E-state index is 10.9. The van der Waals surface area contributed by atoms with Crippen molar-refractivity contribution in [3.8, 4) is 0 Å². The van der Waals surface area contributed by atoms with Crippen LogP contribution in [0.25, 0.3) is 0 Å². The minimum absolute atomic E-state index is 0.283. The molecule has 1 aromatic carbocycles. The lowest BCUT2D eigenvalue weighted by Crippen LogP contribution is -2.27. The molecular formula is C13H18N2O4. The first-order chi connectivity index (χ1) is 8.86. The van der Waals surface area contributed by atoms with Crippen LogP contribution < -0.4 is 4.90 Å². The molecule has 1 rings (SSSR count). The fourth-order valence-corrected chi connectivity index (χ4v) is 1.91. The monoisotopic (exact) mass is 266 g/mol. The Morgan fingerprint density at radius 1 is 1.47 bits per heavy atom. The molecule has 0 aromatic heterocycles. The average molecular weight is 266 g/mol. The van der Waals surface area contributed by atoms with Crippen LogP contribution in [0, 0.1) is 16.0 Å². The second-order valence-electron chi connectivity index (χ2n) is 4.70. The van der Waals surface area contributed by atoms with Crippen molar-refractivity contribution in [1.82, 2.24) is 0 Å². The molecule has 1 aromatic rings. The third-order valence-corrected chi connectivity index (χ3v) is 2.74. The summed E-state index contributed by atoms with van der Waals surface area (Å²) in [5, 5.41) is 19.9. The molecule has 0 aliphatic rings. The van der Waals surface area contributed by atoms with Crippen molar-refractivity contribution >= 4 is 17.3 Å². The van der Waals surface area contributed by atoms with Gasteiger partial charge in [-0.2, -0.15) is 0 Å². The Balaban J connectivity index is 3.20. The number of anilines is 1. The van der Waals surface area contributed by atoms with E-state index in [1.54, 1.807) is 6.07 Å². The van der Waals surface area contributed by atoms with E-state index in [9.17, 15) is 14.9 Å². The largest absolute Gasteiger partial charge is 0.477 e. The first-order valence-corrected chi connectivity index (χ1v) is 6.13. The molecule has 0 amide bonds. The van der Waals surface area contributed by atoms with Crippen LogP contribution in [0.4, 0.5) is 11.4 Å². The number of nitrogens with zero attached hydrogens (tertiary/aromatic N) is 2. The first kappa shape index (κ1) is 14.9. The molecule has 0 unspecified atom stereocenters. The summed E-state index contributed by atoms with van der Waals surface area (Å²) < 4.78 is 0. The number of hydrogen-bond donors (Lipinski definition) is 1. The molecule has 0 radical (unpaired) electrons. The quantitative estimate of drug-likeness (QED) is 0.632. The smallest absolute Gasteiger partial charge is 0.342 e. The standard InChI is InChI=1S/C13H18N2O4/c1-4-14(8-9(2)3)10-5-6-11(13(16)17)12(7-10)15(18)19/h5-7,9H,4,8H2,1-3H3,(H,16,17). The third kappa shape index (κ3) is 3.67. The van der Waals surface area contributed by atoms with Crippen LogP contribution in [0.3, 0.4) is 0 Å². The van der Waals surface area contributed by atoms with E-state index in [4.69, 9.17) is 5.11 Å². The van der Waals surface area contributed by atoms with E-state index in [0.717, 1.165) is 6.54 Å². The number of rotatable bonds is 6. The van der Waals surface area contributed by atoms with Gasteiger partial charge in [-0.15, -0.1) is 0 Å². The molecule has 6 nitrogen and oxygen atoms in total. The molecular weight excluding hydrogens is 248 g/mol.